The average Bonchev–Trinajstić information content (AvgIpc) is 0.807. The van der Waals surface area contributed by atoms with Crippen molar-refractivity contribution in [3.05, 3.63) is 122 Å². The van der Waals surface area contributed by atoms with Crippen molar-refractivity contribution in [2.75, 3.05) is 19.8 Å². The molecular formula is C82H141NO13. The summed E-state index contributed by atoms with van der Waals surface area (Å²) in [7, 11) is 0. The summed E-state index contributed by atoms with van der Waals surface area (Å²) in [4.78, 5) is 13.4. The van der Waals surface area contributed by atoms with Gasteiger partial charge in [-0.3, -0.25) is 4.79 Å². The first kappa shape index (κ1) is 88.5. The summed E-state index contributed by atoms with van der Waals surface area (Å²) in [6.45, 7) is 2.68. The summed E-state index contributed by atoms with van der Waals surface area (Å²) in [5, 5.41) is 87.5. The third kappa shape index (κ3) is 47.4. The molecule has 12 unspecified atom stereocenters. The van der Waals surface area contributed by atoms with Crippen LogP contribution in [0.5, 0.6) is 0 Å². The van der Waals surface area contributed by atoms with Crippen molar-refractivity contribution in [2.24, 2.45) is 0 Å². The molecule has 14 heteroatoms. The Hall–Kier alpha value is -3.61. The van der Waals surface area contributed by atoms with Crippen LogP contribution in [0.4, 0.5) is 0 Å². The minimum Gasteiger partial charge on any atom is -0.394 e. The van der Waals surface area contributed by atoms with Gasteiger partial charge in [0.2, 0.25) is 5.91 Å². The number of unbranched alkanes of at least 4 members (excludes halogenated alkanes) is 32. The van der Waals surface area contributed by atoms with E-state index < -0.39 is 86.8 Å². The van der Waals surface area contributed by atoms with E-state index in [9.17, 15) is 45.6 Å². The van der Waals surface area contributed by atoms with Crippen molar-refractivity contribution in [1.82, 2.24) is 5.32 Å². The van der Waals surface area contributed by atoms with E-state index in [-0.39, 0.29) is 18.9 Å². The quantitative estimate of drug-likeness (QED) is 0.0204. The predicted molar refractivity (Wildman–Crippen MR) is 396 cm³/mol. The standard InChI is InChI=1S/C82H141NO13/c1-3-5-7-9-11-13-15-17-19-21-23-25-26-27-28-29-30-31-32-33-34-35-36-37-38-39-40-41-42-43-44-46-48-50-52-54-56-58-60-62-64-66-74(87)83-70(71(86)65-63-61-59-57-55-53-51-49-47-45-24-22-20-18-16-14-12-10-8-6-4-2)69-93-81-79(92)77(90)80(73(68-85)95-81)96-82-78(91)76(89)75(88)72(67-84)94-82/h5,7,11,13,17,19,23,25,27-28,30-31,33-34,47,49,55,57,63,65,70-73,75-82,84-86,88-92H,3-4,6,8-10,12,14-16,18,20-22,24,26,29,32,35-46,48,50-54,56,58-62,64,66-69H2,1-2H3,(H,83,87)/b7-5-,13-11-,19-17-,25-23-,28-27-,31-30-,34-33-,49-47+,57-55+,65-63+. The molecule has 0 radical (unpaired) electrons. The first-order chi connectivity index (χ1) is 47.1. The van der Waals surface area contributed by atoms with Gasteiger partial charge < -0.3 is 65.1 Å². The fraction of sp³-hybridized carbons (Fsp3) is 0.744. The van der Waals surface area contributed by atoms with Crippen molar-refractivity contribution < 1.29 is 64.6 Å². The lowest BCUT2D eigenvalue weighted by Gasteiger charge is -2.46. The van der Waals surface area contributed by atoms with Crippen LogP contribution in [0.3, 0.4) is 0 Å². The molecule has 0 saturated carbocycles. The minimum atomic E-state index is -1.80. The van der Waals surface area contributed by atoms with Crippen molar-refractivity contribution in [3.8, 4) is 0 Å². The highest BCUT2D eigenvalue weighted by atomic mass is 16.7. The van der Waals surface area contributed by atoms with Crippen LogP contribution in [-0.4, -0.2) is 140 Å². The van der Waals surface area contributed by atoms with Crippen LogP contribution in [0.25, 0.3) is 0 Å². The Bertz CT molecular complexity index is 2080. The second-order valence-electron chi connectivity index (χ2n) is 26.7. The van der Waals surface area contributed by atoms with Crippen LogP contribution in [0, 0.1) is 0 Å². The highest BCUT2D eigenvalue weighted by Gasteiger charge is 2.51. The van der Waals surface area contributed by atoms with E-state index in [1.54, 1.807) is 6.08 Å². The lowest BCUT2D eigenvalue weighted by atomic mass is 9.97. The van der Waals surface area contributed by atoms with Crippen LogP contribution in [0.15, 0.2) is 122 Å². The topological polar surface area (TPSA) is 228 Å². The molecule has 2 heterocycles. The maximum absolute atomic E-state index is 13.4. The van der Waals surface area contributed by atoms with Crippen molar-refractivity contribution in [2.45, 2.75) is 370 Å². The summed E-state index contributed by atoms with van der Waals surface area (Å²) in [5.41, 5.74) is 0. The molecule has 1 amide bonds. The molecule has 2 saturated heterocycles. The van der Waals surface area contributed by atoms with Crippen LogP contribution < -0.4 is 5.32 Å². The molecule has 0 aromatic heterocycles. The van der Waals surface area contributed by atoms with Gasteiger partial charge in [-0.25, -0.2) is 0 Å². The van der Waals surface area contributed by atoms with Gasteiger partial charge in [0.25, 0.3) is 0 Å². The van der Waals surface area contributed by atoms with Gasteiger partial charge in [-0.2, -0.15) is 0 Å². The third-order valence-corrected chi connectivity index (χ3v) is 18.1. The summed E-state index contributed by atoms with van der Waals surface area (Å²) < 4.78 is 22.9. The molecule has 0 aromatic carbocycles. The summed E-state index contributed by atoms with van der Waals surface area (Å²) >= 11 is 0. The van der Waals surface area contributed by atoms with E-state index in [1.165, 1.54) is 173 Å². The van der Waals surface area contributed by atoms with Gasteiger partial charge >= 0.3 is 0 Å². The van der Waals surface area contributed by atoms with Crippen LogP contribution in [-0.2, 0) is 23.7 Å². The number of allylic oxidation sites excluding steroid dienone is 19. The van der Waals surface area contributed by atoms with Crippen molar-refractivity contribution >= 4 is 5.91 Å². The maximum Gasteiger partial charge on any atom is 0.220 e. The Morgan fingerprint density at radius 2 is 0.729 bits per heavy atom. The number of amides is 1. The van der Waals surface area contributed by atoms with Gasteiger partial charge in [0.15, 0.2) is 12.6 Å². The zero-order valence-corrected chi connectivity index (χ0v) is 60.3. The first-order valence-corrected chi connectivity index (χ1v) is 38.8. The molecule has 2 aliphatic heterocycles. The number of carbonyl (C=O) groups is 1. The smallest absolute Gasteiger partial charge is 0.220 e. The molecule has 0 spiro atoms. The Morgan fingerprint density at radius 1 is 0.385 bits per heavy atom. The minimum absolute atomic E-state index is 0.253. The van der Waals surface area contributed by atoms with E-state index in [0.717, 1.165) is 89.9 Å². The Balaban J connectivity index is 1.60. The fourth-order valence-electron chi connectivity index (χ4n) is 12.0. The first-order valence-electron chi connectivity index (χ1n) is 38.8. The number of aliphatic hydroxyl groups is 8. The highest BCUT2D eigenvalue weighted by Crippen LogP contribution is 2.30. The summed E-state index contributed by atoms with van der Waals surface area (Å²) in [6.07, 6.45) is 78.5. The number of aliphatic hydroxyl groups excluding tert-OH is 8. The van der Waals surface area contributed by atoms with Crippen molar-refractivity contribution in [3.63, 3.8) is 0 Å². The van der Waals surface area contributed by atoms with Crippen LogP contribution >= 0.6 is 0 Å². The molecule has 2 aliphatic rings. The molecule has 0 bridgehead atoms. The number of rotatable bonds is 63. The third-order valence-electron chi connectivity index (χ3n) is 18.1. The van der Waals surface area contributed by atoms with Gasteiger partial charge in [-0.05, 0) is 103 Å². The number of hydrogen-bond donors (Lipinski definition) is 9. The van der Waals surface area contributed by atoms with E-state index >= 15 is 0 Å². The van der Waals surface area contributed by atoms with Gasteiger partial charge in [-0.15, -0.1) is 0 Å². The molecule has 14 nitrogen and oxygen atoms in total. The highest BCUT2D eigenvalue weighted by molar-refractivity contribution is 5.76. The molecule has 9 N–H and O–H groups in total. The Kier molecular flexibility index (Phi) is 59.7. The van der Waals surface area contributed by atoms with Gasteiger partial charge in [0.1, 0.15) is 48.8 Å². The van der Waals surface area contributed by atoms with E-state index in [2.05, 4.69) is 129 Å². The van der Waals surface area contributed by atoms with Crippen molar-refractivity contribution in [1.29, 1.82) is 0 Å². The molecule has 0 aliphatic carbocycles. The van der Waals surface area contributed by atoms with Gasteiger partial charge in [0, 0.05) is 6.42 Å². The number of ether oxygens (including phenoxy) is 4. The zero-order valence-electron chi connectivity index (χ0n) is 60.3. The molecule has 0 aromatic rings. The Labute approximate surface area is 584 Å². The van der Waals surface area contributed by atoms with E-state index in [0.29, 0.717) is 12.8 Å². The molecule has 2 fully saturated rings. The number of nitrogens with one attached hydrogen (secondary N) is 1. The SMILES string of the molecule is CC/C=C\C/C=C\C/C=C\C/C=C\C/C=C\C/C=C\C/C=C\CCCCCCCCCCCCCCCCCCCCCC(=O)NC(COC1OC(CO)C(OC2OC(CO)C(O)C(O)C2O)C(O)C1O)C(O)/C=C/CC/C=C/CC/C=C/CCCCCCCCCCCCC. The second-order valence-corrected chi connectivity index (χ2v) is 26.7. The molecule has 552 valence electrons. The average molecular weight is 1350 g/mol. The number of hydrogen-bond acceptors (Lipinski definition) is 13. The zero-order chi connectivity index (χ0) is 69.4. The molecule has 2 rings (SSSR count). The lowest BCUT2D eigenvalue weighted by molar-refractivity contribution is -0.359. The fourth-order valence-corrected chi connectivity index (χ4v) is 12.0. The predicted octanol–water partition coefficient (Wildman–Crippen LogP) is 17.2. The van der Waals surface area contributed by atoms with Crippen LogP contribution in [0.2, 0.25) is 0 Å². The summed E-state index contributed by atoms with van der Waals surface area (Å²) in [6, 6.07) is -0.944. The maximum atomic E-state index is 13.4. The summed E-state index contributed by atoms with van der Waals surface area (Å²) in [5.74, 6) is -0.253. The van der Waals surface area contributed by atoms with Crippen LogP contribution in [0.1, 0.15) is 296 Å². The normalized spacial score (nSPS) is 22.9. The second kappa shape index (κ2) is 64.7. The Morgan fingerprint density at radius 3 is 1.15 bits per heavy atom. The van der Waals surface area contributed by atoms with E-state index in [4.69, 9.17) is 18.9 Å². The largest absolute Gasteiger partial charge is 0.394 e. The van der Waals surface area contributed by atoms with Gasteiger partial charge in [-0.1, -0.05) is 309 Å². The molecule has 12 atom stereocenters. The monoisotopic (exact) mass is 1350 g/mol. The molecular weight excluding hydrogens is 1210 g/mol. The number of carbonyl (C=O) groups excluding carboxylic acids is 1. The van der Waals surface area contributed by atoms with Gasteiger partial charge in [0.05, 0.1) is 32.0 Å². The molecule has 96 heavy (non-hydrogen) atoms. The lowest BCUT2D eigenvalue weighted by Crippen LogP contribution is -2.65. The van der Waals surface area contributed by atoms with E-state index in [1.807, 2.05) is 6.08 Å².